The Balaban J connectivity index is 1.58. The SMILES string of the molecule is COC[C@H](N=C1NC(=O)/C(=C/c2ccc3ncccc3c2)N1)c1ccccc1. The Morgan fingerprint density at radius 3 is 2.79 bits per heavy atom. The number of carbonyl (C=O) groups is 1. The highest BCUT2D eigenvalue weighted by molar-refractivity contribution is 6.15. The number of carbonyl (C=O) groups excluding carboxylic acids is 1. The molecule has 1 aliphatic heterocycles. The predicted octanol–water partition coefficient (Wildman–Crippen LogP) is 3.04. The molecular formula is C22H20N4O2. The van der Waals surface area contributed by atoms with Gasteiger partial charge < -0.3 is 10.1 Å². The minimum atomic E-state index is -0.214. The number of rotatable bonds is 5. The summed E-state index contributed by atoms with van der Waals surface area (Å²) in [5.41, 5.74) is 3.30. The second-order valence-electron chi connectivity index (χ2n) is 6.45. The van der Waals surface area contributed by atoms with Crippen LogP contribution < -0.4 is 10.6 Å². The lowest BCUT2D eigenvalue weighted by atomic mass is 10.1. The molecule has 0 unspecified atom stereocenters. The number of nitrogens with one attached hydrogen (secondary N) is 2. The number of aromatic nitrogens is 1. The van der Waals surface area contributed by atoms with Crippen molar-refractivity contribution in [3.8, 4) is 0 Å². The van der Waals surface area contributed by atoms with Gasteiger partial charge in [0.05, 0.1) is 12.1 Å². The van der Waals surface area contributed by atoms with Crippen molar-refractivity contribution in [1.82, 2.24) is 15.6 Å². The van der Waals surface area contributed by atoms with E-state index in [9.17, 15) is 4.79 Å². The van der Waals surface area contributed by atoms with Crippen LogP contribution >= 0.6 is 0 Å². The van der Waals surface area contributed by atoms with E-state index in [1.165, 1.54) is 0 Å². The van der Waals surface area contributed by atoms with Gasteiger partial charge in [0.15, 0.2) is 0 Å². The van der Waals surface area contributed by atoms with Gasteiger partial charge >= 0.3 is 0 Å². The lowest BCUT2D eigenvalue weighted by Gasteiger charge is -2.12. The van der Waals surface area contributed by atoms with Crippen molar-refractivity contribution in [3.63, 3.8) is 0 Å². The zero-order chi connectivity index (χ0) is 19.3. The third-order valence-electron chi connectivity index (χ3n) is 4.46. The monoisotopic (exact) mass is 372 g/mol. The van der Waals surface area contributed by atoms with E-state index in [4.69, 9.17) is 4.74 Å². The fourth-order valence-electron chi connectivity index (χ4n) is 3.10. The molecule has 0 bridgehead atoms. The summed E-state index contributed by atoms with van der Waals surface area (Å²) in [5, 5.41) is 6.88. The van der Waals surface area contributed by atoms with E-state index in [1.807, 2.05) is 60.7 Å². The lowest BCUT2D eigenvalue weighted by Crippen LogP contribution is -2.26. The van der Waals surface area contributed by atoms with Gasteiger partial charge in [-0.3, -0.25) is 15.1 Å². The molecule has 2 heterocycles. The molecule has 140 valence electrons. The van der Waals surface area contributed by atoms with Gasteiger partial charge in [-0.05, 0) is 35.4 Å². The van der Waals surface area contributed by atoms with Crippen LogP contribution in [0.3, 0.4) is 0 Å². The minimum Gasteiger partial charge on any atom is -0.382 e. The molecule has 1 fully saturated rings. The van der Waals surface area contributed by atoms with Gasteiger partial charge in [0.2, 0.25) is 5.96 Å². The Hall–Kier alpha value is -3.51. The molecule has 1 atom stereocenters. The maximum atomic E-state index is 12.4. The largest absolute Gasteiger partial charge is 0.382 e. The van der Waals surface area contributed by atoms with E-state index in [0.717, 1.165) is 22.0 Å². The normalized spacial score (nSPS) is 17.7. The fraction of sp³-hybridized carbons (Fsp3) is 0.136. The van der Waals surface area contributed by atoms with E-state index in [1.54, 1.807) is 19.4 Å². The van der Waals surface area contributed by atoms with Crippen LogP contribution in [0.1, 0.15) is 17.2 Å². The van der Waals surface area contributed by atoms with E-state index in [-0.39, 0.29) is 11.9 Å². The number of amides is 1. The molecule has 0 radical (unpaired) electrons. The maximum Gasteiger partial charge on any atom is 0.274 e. The van der Waals surface area contributed by atoms with E-state index in [2.05, 4.69) is 20.6 Å². The number of benzene rings is 2. The Labute approximate surface area is 163 Å². The van der Waals surface area contributed by atoms with Crippen LogP contribution in [0, 0.1) is 0 Å². The Bertz CT molecular complexity index is 1060. The average molecular weight is 372 g/mol. The molecule has 4 rings (SSSR count). The zero-order valence-electron chi connectivity index (χ0n) is 15.4. The van der Waals surface area contributed by atoms with Crippen molar-refractivity contribution in [2.75, 3.05) is 13.7 Å². The van der Waals surface area contributed by atoms with Crippen molar-refractivity contribution >= 4 is 28.8 Å². The van der Waals surface area contributed by atoms with Crippen LogP contribution in [0.5, 0.6) is 0 Å². The van der Waals surface area contributed by atoms with E-state index < -0.39 is 0 Å². The first-order chi connectivity index (χ1) is 13.7. The molecule has 1 aliphatic rings. The van der Waals surface area contributed by atoms with Crippen molar-refractivity contribution in [2.24, 2.45) is 4.99 Å². The zero-order valence-corrected chi connectivity index (χ0v) is 15.4. The standard InChI is InChI=1S/C22H20N4O2/c1-28-14-20(16-6-3-2-4-7-16)25-22-24-19(21(27)26-22)13-15-9-10-18-17(12-15)8-5-11-23-18/h2-13,20H,14H2,1H3,(H2,24,25,26,27)/b19-13-/t20-/m0/s1. The first-order valence-corrected chi connectivity index (χ1v) is 8.99. The van der Waals surface area contributed by atoms with Gasteiger partial charge in [0.25, 0.3) is 5.91 Å². The van der Waals surface area contributed by atoms with Crippen LogP contribution in [-0.4, -0.2) is 30.6 Å². The average Bonchev–Trinajstić information content (AvgIpc) is 3.07. The number of aliphatic imine (C=N–C) groups is 1. The van der Waals surface area contributed by atoms with Gasteiger partial charge in [-0.25, -0.2) is 4.99 Å². The molecule has 1 aromatic heterocycles. The third-order valence-corrected chi connectivity index (χ3v) is 4.46. The second kappa shape index (κ2) is 8.02. The summed E-state index contributed by atoms with van der Waals surface area (Å²) in [6.45, 7) is 0.418. The number of methoxy groups -OCH3 is 1. The van der Waals surface area contributed by atoms with Crippen LogP contribution in [0.2, 0.25) is 0 Å². The van der Waals surface area contributed by atoms with Gasteiger partial charge in [-0.1, -0.05) is 42.5 Å². The molecule has 6 nitrogen and oxygen atoms in total. The quantitative estimate of drug-likeness (QED) is 0.675. The first kappa shape index (κ1) is 17.9. The van der Waals surface area contributed by atoms with Gasteiger partial charge in [-0.2, -0.15) is 0 Å². The molecule has 0 saturated carbocycles. The fourth-order valence-corrected chi connectivity index (χ4v) is 3.10. The third kappa shape index (κ3) is 3.92. The highest BCUT2D eigenvalue weighted by Gasteiger charge is 2.23. The number of nitrogens with zero attached hydrogens (tertiary/aromatic N) is 2. The Morgan fingerprint density at radius 1 is 1.11 bits per heavy atom. The molecule has 28 heavy (non-hydrogen) atoms. The summed E-state index contributed by atoms with van der Waals surface area (Å²) >= 11 is 0. The van der Waals surface area contributed by atoms with Gasteiger partial charge in [-0.15, -0.1) is 0 Å². The van der Waals surface area contributed by atoms with Gasteiger partial charge in [0, 0.05) is 18.7 Å². The number of guanidine groups is 1. The molecule has 1 amide bonds. The summed E-state index contributed by atoms with van der Waals surface area (Å²) < 4.78 is 5.29. The molecular weight excluding hydrogens is 352 g/mol. The molecule has 0 aliphatic carbocycles. The van der Waals surface area contributed by atoms with Crippen molar-refractivity contribution in [2.45, 2.75) is 6.04 Å². The van der Waals surface area contributed by atoms with Crippen LogP contribution in [0.25, 0.3) is 17.0 Å². The number of fused-ring (bicyclic) bond motifs is 1. The van der Waals surface area contributed by atoms with Crippen molar-refractivity contribution < 1.29 is 9.53 Å². The van der Waals surface area contributed by atoms with Crippen molar-refractivity contribution in [1.29, 1.82) is 0 Å². The molecule has 2 N–H and O–H groups in total. The molecule has 2 aromatic carbocycles. The number of hydrogen-bond donors (Lipinski definition) is 2. The number of hydrogen-bond acceptors (Lipinski definition) is 4. The topological polar surface area (TPSA) is 75.6 Å². The molecule has 6 heteroatoms. The van der Waals surface area contributed by atoms with Gasteiger partial charge in [0.1, 0.15) is 11.7 Å². The van der Waals surface area contributed by atoms with E-state index >= 15 is 0 Å². The van der Waals surface area contributed by atoms with Crippen molar-refractivity contribution in [3.05, 3.63) is 83.7 Å². The molecule has 3 aromatic rings. The summed E-state index contributed by atoms with van der Waals surface area (Å²) in [7, 11) is 1.64. The van der Waals surface area contributed by atoms with Crippen LogP contribution in [-0.2, 0) is 9.53 Å². The van der Waals surface area contributed by atoms with Crippen LogP contribution in [0.15, 0.2) is 77.5 Å². The summed E-state index contributed by atoms with van der Waals surface area (Å²) in [4.78, 5) is 21.3. The summed E-state index contributed by atoms with van der Waals surface area (Å²) in [5.74, 6) is 0.207. The number of ether oxygens (including phenoxy) is 1. The highest BCUT2D eigenvalue weighted by Crippen LogP contribution is 2.19. The maximum absolute atomic E-state index is 12.4. The molecule has 1 saturated heterocycles. The number of pyridine rings is 1. The first-order valence-electron chi connectivity index (χ1n) is 8.99. The predicted molar refractivity (Wildman–Crippen MR) is 109 cm³/mol. The highest BCUT2D eigenvalue weighted by atomic mass is 16.5. The lowest BCUT2D eigenvalue weighted by molar-refractivity contribution is -0.115. The molecule has 0 spiro atoms. The Morgan fingerprint density at radius 2 is 1.96 bits per heavy atom. The minimum absolute atomic E-state index is 0.208. The summed E-state index contributed by atoms with van der Waals surface area (Å²) in [6, 6.07) is 19.4. The van der Waals surface area contributed by atoms with E-state index in [0.29, 0.717) is 18.3 Å². The van der Waals surface area contributed by atoms with Crippen LogP contribution in [0.4, 0.5) is 0 Å². The smallest absolute Gasteiger partial charge is 0.274 e. The summed E-state index contributed by atoms with van der Waals surface area (Å²) in [6.07, 6.45) is 3.57. The Kier molecular flexibility index (Phi) is 5.12. The second-order valence-corrected chi connectivity index (χ2v) is 6.45.